The van der Waals surface area contributed by atoms with Crippen molar-refractivity contribution >= 4 is 17.2 Å². The quantitative estimate of drug-likeness (QED) is 0.639. The topological polar surface area (TPSA) is 29.3 Å². The maximum absolute atomic E-state index is 5.42. The van der Waals surface area contributed by atoms with Gasteiger partial charge in [-0.25, -0.2) is 0 Å². The zero-order chi connectivity index (χ0) is 8.85. The van der Waals surface area contributed by atoms with E-state index in [9.17, 15) is 0 Å². The largest absolute Gasteiger partial charge is 0.392 e. The Morgan fingerprint density at radius 3 is 2.55 bits per heavy atom. The summed E-state index contributed by atoms with van der Waals surface area (Å²) < 4.78 is 0. The molecule has 0 spiro atoms. The molecule has 2 nitrogen and oxygen atoms in total. The lowest BCUT2D eigenvalue weighted by atomic mass is 10.2. The number of nitrogens with two attached hydrogens (primary N) is 1. The van der Waals surface area contributed by atoms with Gasteiger partial charge in [0.2, 0.25) is 0 Å². The van der Waals surface area contributed by atoms with E-state index in [0.717, 1.165) is 6.54 Å². The van der Waals surface area contributed by atoms with Crippen LogP contribution in [0.5, 0.6) is 0 Å². The SMILES string of the molecule is CCCC(C)N(C)CC(N)=S. The van der Waals surface area contributed by atoms with Gasteiger partial charge in [0.1, 0.15) is 0 Å². The molecule has 0 radical (unpaired) electrons. The number of nitrogens with zero attached hydrogens (tertiary/aromatic N) is 1. The molecule has 0 bridgehead atoms. The van der Waals surface area contributed by atoms with Crippen LogP contribution >= 0.6 is 12.2 Å². The molecule has 0 rings (SSSR count). The molecule has 2 N–H and O–H groups in total. The Labute approximate surface area is 74.8 Å². The van der Waals surface area contributed by atoms with Gasteiger partial charge in [0.15, 0.2) is 0 Å². The highest BCUT2D eigenvalue weighted by Crippen LogP contribution is 2.02. The van der Waals surface area contributed by atoms with Crippen molar-refractivity contribution in [2.24, 2.45) is 5.73 Å². The molecule has 11 heavy (non-hydrogen) atoms. The van der Waals surface area contributed by atoms with Crippen LogP contribution in [0.3, 0.4) is 0 Å². The minimum Gasteiger partial charge on any atom is -0.392 e. The van der Waals surface area contributed by atoms with Gasteiger partial charge < -0.3 is 5.73 Å². The van der Waals surface area contributed by atoms with Gasteiger partial charge in [0, 0.05) is 12.6 Å². The van der Waals surface area contributed by atoms with Gasteiger partial charge in [-0.1, -0.05) is 25.6 Å². The third-order valence-corrected chi connectivity index (χ3v) is 1.99. The van der Waals surface area contributed by atoms with Gasteiger partial charge in [-0.3, -0.25) is 4.90 Å². The van der Waals surface area contributed by atoms with Crippen LogP contribution in [0.1, 0.15) is 26.7 Å². The second-order valence-corrected chi connectivity index (χ2v) is 3.54. The summed E-state index contributed by atoms with van der Waals surface area (Å²) in [5.41, 5.74) is 5.42. The number of likely N-dealkylation sites (N-methyl/N-ethyl adjacent to an activating group) is 1. The second-order valence-electron chi connectivity index (χ2n) is 3.02. The molecule has 3 heteroatoms. The molecule has 0 aromatic carbocycles. The predicted molar refractivity (Wildman–Crippen MR) is 53.8 cm³/mol. The number of hydrogen-bond acceptors (Lipinski definition) is 2. The Bertz CT molecular complexity index is 125. The molecule has 66 valence electrons. The highest BCUT2D eigenvalue weighted by molar-refractivity contribution is 7.80. The zero-order valence-electron chi connectivity index (χ0n) is 7.63. The summed E-state index contributed by atoms with van der Waals surface area (Å²) in [6, 6.07) is 0.585. The summed E-state index contributed by atoms with van der Waals surface area (Å²) in [6.45, 7) is 5.11. The van der Waals surface area contributed by atoms with Gasteiger partial charge in [-0.05, 0) is 20.4 Å². The highest BCUT2D eigenvalue weighted by atomic mass is 32.1. The van der Waals surface area contributed by atoms with Crippen LogP contribution in [0.4, 0.5) is 0 Å². The third kappa shape index (κ3) is 5.16. The van der Waals surface area contributed by atoms with Gasteiger partial charge in [0.25, 0.3) is 0 Å². The zero-order valence-corrected chi connectivity index (χ0v) is 8.45. The van der Waals surface area contributed by atoms with Crippen molar-refractivity contribution in [3.05, 3.63) is 0 Å². The second kappa shape index (κ2) is 5.49. The lowest BCUT2D eigenvalue weighted by Gasteiger charge is -2.23. The minimum absolute atomic E-state index is 0.579. The van der Waals surface area contributed by atoms with Gasteiger partial charge in [0.05, 0.1) is 4.99 Å². The minimum atomic E-state index is 0.579. The Morgan fingerprint density at radius 2 is 2.18 bits per heavy atom. The van der Waals surface area contributed by atoms with Crippen molar-refractivity contribution in [2.75, 3.05) is 13.6 Å². The summed E-state index contributed by atoms with van der Waals surface area (Å²) in [5.74, 6) is 0. The standard InChI is InChI=1S/C8H18N2S/c1-4-5-7(2)10(3)6-8(9)11/h7H,4-6H2,1-3H3,(H2,9,11). The Kier molecular flexibility index (Phi) is 5.42. The molecule has 0 aliphatic carbocycles. The summed E-state index contributed by atoms with van der Waals surface area (Å²) >= 11 is 4.81. The van der Waals surface area contributed by atoms with Gasteiger partial charge >= 0.3 is 0 Å². The normalized spacial score (nSPS) is 13.5. The Balaban J connectivity index is 3.63. The van der Waals surface area contributed by atoms with Crippen molar-refractivity contribution < 1.29 is 0 Å². The van der Waals surface area contributed by atoms with Crippen LogP contribution in [-0.2, 0) is 0 Å². The van der Waals surface area contributed by atoms with Crippen molar-refractivity contribution in [1.29, 1.82) is 0 Å². The first kappa shape index (κ1) is 10.8. The van der Waals surface area contributed by atoms with E-state index in [1.54, 1.807) is 0 Å². The van der Waals surface area contributed by atoms with Crippen LogP contribution in [0.15, 0.2) is 0 Å². The maximum Gasteiger partial charge on any atom is 0.0870 e. The fourth-order valence-electron chi connectivity index (χ4n) is 1.04. The van der Waals surface area contributed by atoms with Crippen LogP contribution in [0, 0.1) is 0 Å². The van der Waals surface area contributed by atoms with Gasteiger partial charge in [-0.2, -0.15) is 0 Å². The molecule has 1 unspecified atom stereocenters. The summed E-state index contributed by atoms with van der Waals surface area (Å²) in [5, 5.41) is 0. The number of rotatable bonds is 5. The van der Waals surface area contributed by atoms with E-state index < -0.39 is 0 Å². The fourth-order valence-corrected chi connectivity index (χ4v) is 1.24. The summed E-state index contributed by atoms with van der Waals surface area (Å²) in [7, 11) is 2.06. The lowest BCUT2D eigenvalue weighted by Crippen LogP contribution is -2.35. The number of hydrogen-bond donors (Lipinski definition) is 1. The lowest BCUT2D eigenvalue weighted by molar-refractivity contribution is 0.277. The number of thiocarbonyl (C=S) groups is 1. The molecule has 0 aliphatic heterocycles. The molecule has 0 fully saturated rings. The van der Waals surface area contributed by atoms with E-state index in [0.29, 0.717) is 11.0 Å². The first-order valence-corrected chi connectivity index (χ1v) is 4.47. The van der Waals surface area contributed by atoms with Crippen LogP contribution in [-0.4, -0.2) is 29.5 Å². The van der Waals surface area contributed by atoms with Crippen molar-refractivity contribution in [2.45, 2.75) is 32.7 Å². The third-order valence-electron chi connectivity index (χ3n) is 1.86. The molecule has 0 aromatic rings. The first-order valence-electron chi connectivity index (χ1n) is 4.06. The van der Waals surface area contributed by atoms with E-state index in [1.165, 1.54) is 12.8 Å². The molecular formula is C8H18N2S. The smallest absolute Gasteiger partial charge is 0.0870 e. The molecule has 0 aliphatic rings. The molecule has 0 amide bonds. The molecule has 1 atom stereocenters. The van der Waals surface area contributed by atoms with Crippen LogP contribution in [0.2, 0.25) is 0 Å². The van der Waals surface area contributed by atoms with E-state index >= 15 is 0 Å². The molecule has 0 saturated carbocycles. The predicted octanol–water partition coefficient (Wildman–Crippen LogP) is 1.39. The molecule has 0 aromatic heterocycles. The van der Waals surface area contributed by atoms with E-state index in [4.69, 9.17) is 18.0 Å². The van der Waals surface area contributed by atoms with Crippen molar-refractivity contribution in [3.63, 3.8) is 0 Å². The van der Waals surface area contributed by atoms with E-state index in [2.05, 4.69) is 25.8 Å². The molecule has 0 heterocycles. The Morgan fingerprint density at radius 1 is 1.64 bits per heavy atom. The van der Waals surface area contributed by atoms with E-state index in [1.807, 2.05) is 0 Å². The fraction of sp³-hybridized carbons (Fsp3) is 0.875. The van der Waals surface area contributed by atoms with Gasteiger partial charge in [-0.15, -0.1) is 0 Å². The maximum atomic E-state index is 5.42. The average Bonchev–Trinajstić information content (AvgIpc) is 1.86. The average molecular weight is 174 g/mol. The molecule has 0 saturated heterocycles. The summed E-state index contributed by atoms with van der Waals surface area (Å²) in [4.78, 5) is 2.77. The molecular weight excluding hydrogens is 156 g/mol. The highest BCUT2D eigenvalue weighted by Gasteiger charge is 2.07. The van der Waals surface area contributed by atoms with Crippen molar-refractivity contribution in [3.8, 4) is 0 Å². The first-order chi connectivity index (χ1) is 5.07. The van der Waals surface area contributed by atoms with Crippen LogP contribution in [0.25, 0.3) is 0 Å². The summed E-state index contributed by atoms with van der Waals surface area (Å²) in [6.07, 6.45) is 2.42. The van der Waals surface area contributed by atoms with Crippen molar-refractivity contribution in [1.82, 2.24) is 4.90 Å². The Hall–Kier alpha value is -0.150. The van der Waals surface area contributed by atoms with E-state index in [-0.39, 0.29) is 0 Å². The van der Waals surface area contributed by atoms with Crippen LogP contribution < -0.4 is 5.73 Å². The monoisotopic (exact) mass is 174 g/mol.